The minimum atomic E-state index is 1.16. The average Bonchev–Trinajstić information content (AvgIpc) is 3.93. The lowest BCUT2D eigenvalue weighted by Gasteiger charge is -2.11. The molecule has 0 aliphatic heterocycles. The van der Waals surface area contributed by atoms with Gasteiger partial charge in [0, 0.05) is 53.1 Å². The van der Waals surface area contributed by atoms with Crippen LogP contribution in [0.15, 0.2) is 206 Å². The maximum Gasteiger partial charge on any atom is 0.0555 e. The van der Waals surface area contributed by atoms with Crippen LogP contribution in [0.1, 0.15) is 0 Å². The second kappa shape index (κ2) is 12.7. The first-order valence-electron chi connectivity index (χ1n) is 19.5. The summed E-state index contributed by atoms with van der Waals surface area (Å²) in [6, 6.07) is 75.7. The molecule has 0 aliphatic carbocycles. The highest BCUT2D eigenvalue weighted by Crippen LogP contribution is 2.43. The number of fused-ring (bicyclic) bond motifs is 9. The first-order valence-corrected chi connectivity index (χ1v) is 20.3. The van der Waals surface area contributed by atoms with E-state index in [1.165, 1.54) is 97.2 Å². The molecule has 3 heterocycles. The van der Waals surface area contributed by atoms with Gasteiger partial charge in [0.05, 0.1) is 22.1 Å². The van der Waals surface area contributed by atoms with E-state index in [-0.39, 0.29) is 0 Å². The topological polar surface area (TPSA) is 9.86 Å². The fourth-order valence-corrected chi connectivity index (χ4v) is 10.1. The van der Waals surface area contributed by atoms with E-state index in [2.05, 4.69) is 215 Å². The van der Waals surface area contributed by atoms with Crippen LogP contribution in [0.5, 0.6) is 0 Å². The molecule has 2 nitrogen and oxygen atoms in total. The van der Waals surface area contributed by atoms with Crippen LogP contribution in [0.3, 0.4) is 0 Å². The number of para-hydroxylation sites is 1. The summed E-state index contributed by atoms with van der Waals surface area (Å²) < 4.78 is 7.49. The van der Waals surface area contributed by atoms with Crippen LogP contribution in [0.4, 0.5) is 0 Å². The molecule has 12 rings (SSSR count). The van der Waals surface area contributed by atoms with Crippen LogP contribution >= 0.6 is 11.3 Å². The van der Waals surface area contributed by atoms with Crippen LogP contribution in [-0.2, 0) is 0 Å². The maximum atomic E-state index is 2.45. The SMILES string of the molecule is c1ccc(-c2ccc(-n3c4ccccc4c4cc(-c5ccc6c(c5)c5cc7c(cc5n6-c5ccc(-c6ccccc6)cc5)sc5ccccc57)ccc43)cc2)cc1. The molecule has 0 aliphatic rings. The molecule has 0 saturated heterocycles. The fraction of sp³-hybridized carbons (Fsp3) is 0. The van der Waals surface area contributed by atoms with Gasteiger partial charge in [-0.15, -0.1) is 11.3 Å². The molecule has 12 aromatic rings. The van der Waals surface area contributed by atoms with Crippen LogP contribution in [0.25, 0.3) is 109 Å². The highest BCUT2D eigenvalue weighted by atomic mass is 32.1. The van der Waals surface area contributed by atoms with Gasteiger partial charge in [-0.25, -0.2) is 0 Å². The maximum absolute atomic E-state index is 2.45. The third-order valence-corrected chi connectivity index (χ3v) is 12.9. The van der Waals surface area contributed by atoms with Gasteiger partial charge in [0.2, 0.25) is 0 Å². The van der Waals surface area contributed by atoms with E-state index in [4.69, 9.17) is 0 Å². The van der Waals surface area contributed by atoms with Crippen molar-refractivity contribution in [3.8, 4) is 44.8 Å². The van der Waals surface area contributed by atoms with Crippen LogP contribution in [0, 0.1) is 0 Å². The van der Waals surface area contributed by atoms with Crippen molar-refractivity contribution in [2.45, 2.75) is 0 Å². The van der Waals surface area contributed by atoms with Crippen molar-refractivity contribution >= 4 is 75.1 Å². The molecule has 0 spiro atoms. The standard InChI is InChI=1S/C54H34N2S/c1-3-11-35(12-4-1)37-19-25-41(26-20-37)55-49-17-9-7-15-43(49)45-31-39(23-29-50(45)55)40-24-30-51-46(32-40)47-33-48-44-16-8-10-18-53(44)57-54(48)34-52(47)56(51)42-27-21-38(22-28-42)36-13-5-2-6-14-36/h1-34H. The van der Waals surface area contributed by atoms with Crippen LogP contribution in [0.2, 0.25) is 0 Å². The Morgan fingerprint density at radius 1 is 0.246 bits per heavy atom. The lowest BCUT2D eigenvalue weighted by molar-refractivity contribution is 1.18. The molecule has 0 bridgehead atoms. The van der Waals surface area contributed by atoms with Gasteiger partial charge in [0.15, 0.2) is 0 Å². The number of nitrogens with zero attached hydrogens (tertiary/aromatic N) is 2. The van der Waals surface area contributed by atoms with Crippen molar-refractivity contribution < 1.29 is 0 Å². The molecular weight excluding hydrogens is 709 g/mol. The van der Waals surface area contributed by atoms with Gasteiger partial charge in [0.1, 0.15) is 0 Å². The number of benzene rings is 9. The molecule has 3 heteroatoms. The predicted octanol–water partition coefficient (Wildman–Crippen LogP) is 15.2. The van der Waals surface area contributed by atoms with E-state index < -0.39 is 0 Å². The van der Waals surface area contributed by atoms with Crippen molar-refractivity contribution in [3.05, 3.63) is 206 Å². The second-order valence-corrected chi connectivity index (χ2v) is 16.0. The van der Waals surface area contributed by atoms with Crippen molar-refractivity contribution in [2.75, 3.05) is 0 Å². The minimum absolute atomic E-state index is 1.16. The molecular formula is C54H34N2S. The van der Waals surface area contributed by atoms with Gasteiger partial charge in [-0.05, 0) is 106 Å². The summed E-state index contributed by atoms with van der Waals surface area (Å²) in [6.07, 6.45) is 0. The first kappa shape index (κ1) is 32.1. The molecule has 9 aromatic carbocycles. The summed E-state index contributed by atoms with van der Waals surface area (Å²) in [5.41, 5.74) is 14.5. The first-order chi connectivity index (χ1) is 28.2. The van der Waals surface area contributed by atoms with Gasteiger partial charge in [-0.1, -0.05) is 133 Å². The molecule has 0 atom stereocenters. The zero-order valence-corrected chi connectivity index (χ0v) is 31.7. The quantitative estimate of drug-likeness (QED) is 0.166. The van der Waals surface area contributed by atoms with Crippen molar-refractivity contribution in [1.29, 1.82) is 0 Å². The molecule has 0 unspecified atom stereocenters. The van der Waals surface area contributed by atoms with Crippen LogP contribution < -0.4 is 0 Å². The van der Waals surface area contributed by atoms with E-state index in [9.17, 15) is 0 Å². The summed E-state index contributed by atoms with van der Waals surface area (Å²) in [7, 11) is 0. The summed E-state index contributed by atoms with van der Waals surface area (Å²) >= 11 is 1.88. The molecule has 0 saturated carbocycles. The summed E-state index contributed by atoms with van der Waals surface area (Å²) in [5.74, 6) is 0. The summed E-state index contributed by atoms with van der Waals surface area (Å²) in [4.78, 5) is 0. The molecule has 266 valence electrons. The second-order valence-electron chi connectivity index (χ2n) is 14.9. The van der Waals surface area contributed by atoms with Crippen molar-refractivity contribution in [3.63, 3.8) is 0 Å². The fourth-order valence-electron chi connectivity index (χ4n) is 8.99. The van der Waals surface area contributed by atoms with Gasteiger partial charge < -0.3 is 9.13 Å². The Morgan fingerprint density at radius 2 is 0.684 bits per heavy atom. The number of hydrogen-bond acceptors (Lipinski definition) is 1. The van der Waals surface area contributed by atoms with Gasteiger partial charge in [-0.2, -0.15) is 0 Å². The highest BCUT2D eigenvalue weighted by Gasteiger charge is 2.18. The van der Waals surface area contributed by atoms with Gasteiger partial charge in [-0.3, -0.25) is 0 Å². The molecule has 0 amide bonds. The number of hydrogen-bond donors (Lipinski definition) is 0. The van der Waals surface area contributed by atoms with E-state index in [1.54, 1.807) is 0 Å². The Kier molecular flexibility index (Phi) is 7.13. The molecule has 0 radical (unpaired) electrons. The van der Waals surface area contributed by atoms with E-state index in [0.717, 1.165) is 11.4 Å². The zero-order chi connectivity index (χ0) is 37.5. The average molecular weight is 743 g/mol. The molecule has 3 aromatic heterocycles. The lowest BCUT2D eigenvalue weighted by Crippen LogP contribution is -1.94. The van der Waals surface area contributed by atoms with Gasteiger partial charge in [0.25, 0.3) is 0 Å². The Balaban J connectivity index is 1.03. The Labute approximate surface area is 333 Å². The largest absolute Gasteiger partial charge is 0.309 e. The zero-order valence-electron chi connectivity index (χ0n) is 30.9. The molecule has 57 heavy (non-hydrogen) atoms. The Hall–Kier alpha value is -7.20. The van der Waals surface area contributed by atoms with Crippen molar-refractivity contribution in [2.24, 2.45) is 0 Å². The Bertz CT molecular complexity index is 3480. The number of rotatable bonds is 5. The number of thiophene rings is 1. The van der Waals surface area contributed by atoms with Crippen LogP contribution in [-0.4, -0.2) is 9.13 Å². The summed E-state index contributed by atoms with van der Waals surface area (Å²) in [6.45, 7) is 0. The summed E-state index contributed by atoms with van der Waals surface area (Å²) in [5, 5.41) is 7.67. The highest BCUT2D eigenvalue weighted by molar-refractivity contribution is 7.25. The third-order valence-electron chi connectivity index (χ3n) is 11.7. The van der Waals surface area contributed by atoms with E-state index >= 15 is 0 Å². The smallest absolute Gasteiger partial charge is 0.0555 e. The monoisotopic (exact) mass is 742 g/mol. The lowest BCUT2D eigenvalue weighted by atomic mass is 10.00. The minimum Gasteiger partial charge on any atom is -0.309 e. The number of aromatic nitrogens is 2. The Morgan fingerprint density at radius 3 is 1.30 bits per heavy atom. The van der Waals surface area contributed by atoms with E-state index in [1.807, 2.05) is 11.3 Å². The molecule has 0 fully saturated rings. The van der Waals surface area contributed by atoms with E-state index in [0.29, 0.717) is 0 Å². The predicted molar refractivity (Wildman–Crippen MR) is 244 cm³/mol. The molecule has 0 N–H and O–H groups in total. The third kappa shape index (κ3) is 5.10. The van der Waals surface area contributed by atoms with Crippen molar-refractivity contribution in [1.82, 2.24) is 9.13 Å². The van der Waals surface area contributed by atoms with Gasteiger partial charge >= 0.3 is 0 Å². The normalized spacial score (nSPS) is 11.9.